The number of amides is 1. The molecule has 6 nitrogen and oxygen atoms in total. The number of carbonyl (C=O) groups is 1. The summed E-state index contributed by atoms with van der Waals surface area (Å²) < 4.78 is 0. The molecule has 7 heteroatoms. The Hall–Kier alpha value is -2.05. The van der Waals surface area contributed by atoms with Crippen molar-refractivity contribution in [2.24, 2.45) is 5.73 Å². The van der Waals surface area contributed by atoms with Gasteiger partial charge in [0.05, 0.1) is 7.11 Å². The molecule has 0 aliphatic carbocycles. The van der Waals surface area contributed by atoms with Crippen LogP contribution in [0.4, 0.5) is 0 Å². The first-order chi connectivity index (χ1) is 8.13. The van der Waals surface area contributed by atoms with Gasteiger partial charge in [-0.1, -0.05) is 18.2 Å². The molecule has 0 bridgehead atoms. The van der Waals surface area contributed by atoms with E-state index in [1.165, 1.54) is 7.11 Å². The molecular formula is C11H13ClN4O2. The number of benzene rings is 1. The van der Waals surface area contributed by atoms with E-state index in [1.54, 1.807) is 6.07 Å². The molecule has 2 rings (SSSR count). The van der Waals surface area contributed by atoms with Crippen molar-refractivity contribution in [3.8, 4) is 0 Å². The minimum atomic E-state index is -0.504. The average molecular weight is 269 g/mol. The van der Waals surface area contributed by atoms with Crippen molar-refractivity contribution in [3.63, 3.8) is 0 Å². The van der Waals surface area contributed by atoms with Crippen LogP contribution in [0.15, 0.2) is 30.3 Å². The summed E-state index contributed by atoms with van der Waals surface area (Å²) in [5, 5.41) is 8.84. The summed E-state index contributed by atoms with van der Waals surface area (Å²) in [6.45, 7) is 0. The van der Waals surface area contributed by atoms with Gasteiger partial charge in [-0.25, -0.2) is 0 Å². The Bertz CT molecular complexity index is 548. The first-order valence-electron chi connectivity index (χ1n) is 4.94. The number of rotatable bonds is 2. The molecule has 0 spiro atoms. The van der Waals surface area contributed by atoms with E-state index in [2.05, 4.69) is 4.98 Å². The standard InChI is InChI=1S/C11H12N4O2.ClH/c1-17-15(11(12)13)10(16)9-6-7-4-2-3-5-8(7)14-9;/h2-6,14H,1H3,(H3,12,13);1H. The Morgan fingerprint density at radius 1 is 1.44 bits per heavy atom. The Kier molecular flexibility index (Phi) is 4.30. The number of aromatic amines is 1. The molecule has 1 heterocycles. The van der Waals surface area contributed by atoms with Gasteiger partial charge in [-0.15, -0.1) is 17.5 Å². The largest absolute Gasteiger partial charge is 0.368 e. The van der Waals surface area contributed by atoms with Crippen LogP contribution in [0.25, 0.3) is 10.9 Å². The number of carbonyl (C=O) groups excluding carboxylic acids is 1. The number of para-hydroxylation sites is 1. The molecule has 0 saturated heterocycles. The quantitative estimate of drug-likeness (QED) is 0.437. The summed E-state index contributed by atoms with van der Waals surface area (Å²) in [7, 11) is 1.28. The summed E-state index contributed by atoms with van der Waals surface area (Å²) in [5.74, 6) is -0.965. The van der Waals surface area contributed by atoms with Gasteiger partial charge in [0.15, 0.2) is 0 Å². The number of hydrogen-bond acceptors (Lipinski definition) is 3. The molecule has 4 N–H and O–H groups in total. The van der Waals surface area contributed by atoms with Crippen molar-refractivity contribution in [1.82, 2.24) is 10.0 Å². The molecule has 0 radical (unpaired) electrons. The summed E-state index contributed by atoms with van der Waals surface area (Å²) in [5.41, 5.74) is 6.39. The van der Waals surface area contributed by atoms with Gasteiger partial charge < -0.3 is 10.7 Å². The molecule has 0 saturated carbocycles. The smallest absolute Gasteiger partial charge is 0.301 e. The third-order valence-electron chi connectivity index (χ3n) is 2.35. The average Bonchev–Trinajstić information content (AvgIpc) is 2.72. The van der Waals surface area contributed by atoms with Crippen LogP contribution in [-0.2, 0) is 4.84 Å². The predicted octanol–water partition coefficient (Wildman–Crippen LogP) is 1.49. The maximum Gasteiger partial charge on any atom is 0.301 e. The van der Waals surface area contributed by atoms with E-state index < -0.39 is 11.9 Å². The second kappa shape index (κ2) is 5.52. The number of nitrogens with two attached hydrogens (primary N) is 1. The van der Waals surface area contributed by atoms with Gasteiger partial charge in [0.1, 0.15) is 5.69 Å². The SMILES string of the molecule is CON(C(=N)N)C(=O)c1cc2ccccc2[nH]1.Cl. The molecule has 0 atom stereocenters. The lowest BCUT2D eigenvalue weighted by molar-refractivity contribution is -0.0424. The zero-order chi connectivity index (χ0) is 12.4. The van der Waals surface area contributed by atoms with Gasteiger partial charge in [-0.3, -0.25) is 15.0 Å². The van der Waals surface area contributed by atoms with Gasteiger partial charge in [-0.2, -0.15) is 0 Å². The normalized spacial score (nSPS) is 9.83. The topological polar surface area (TPSA) is 95.2 Å². The molecule has 1 aromatic heterocycles. The lowest BCUT2D eigenvalue weighted by atomic mass is 10.2. The monoisotopic (exact) mass is 268 g/mol. The van der Waals surface area contributed by atoms with Gasteiger partial charge in [0.2, 0.25) is 5.96 Å². The van der Waals surface area contributed by atoms with Crippen molar-refractivity contribution in [2.75, 3.05) is 7.11 Å². The number of fused-ring (bicyclic) bond motifs is 1. The van der Waals surface area contributed by atoms with Gasteiger partial charge >= 0.3 is 5.91 Å². The van der Waals surface area contributed by atoms with Crippen molar-refractivity contribution in [1.29, 1.82) is 5.41 Å². The van der Waals surface area contributed by atoms with Crippen LogP contribution >= 0.6 is 12.4 Å². The molecule has 0 unspecified atom stereocenters. The highest BCUT2D eigenvalue weighted by Gasteiger charge is 2.20. The molecule has 0 aliphatic rings. The first kappa shape index (κ1) is 14.0. The van der Waals surface area contributed by atoms with Crippen LogP contribution < -0.4 is 5.73 Å². The fourth-order valence-corrected chi connectivity index (χ4v) is 1.59. The Labute approximate surface area is 110 Å². The number of nitrogens with zero attached hydrogens (tertiary/aromatic N) is 1. The zero-order valence-corrected chi connectivity index (χ0v) is 10.5. The van der Waals surface area contributed by atoms with Crippen LogP contribution in [0.1, 0.15) is 10.5 Å². The number of guanidine groups is 1. The number of halogens is 1. The van der Waals surface area contributed by atoms with Crippen molar-refractivity contribution < 1.29 is 9.63 Å². The van der Waals surface area contributed by atoms with E-state index in [-0.39, 0.29) is 12.4 Å². The van der Waals surface area contributed by atoms with Crippen LogP contribution in [0, 0.1) is 5.41 Å². The summed E-state index contributed by atoms with van der Waals surface area (Å²) in [6, 6.07) is 9.17. The highest BCUT2D eigenvalue weighted by atomic mass is 35.5. The van der Waals surface area contributed by atoms with Gasteiger partial charge in [0, 0.05) is 10.9 Å². The summed E-state index contributed by atoms with van der Waals surface area (Å²) >= 11 is 0. The number of aromatic nitrogens is 1. The molecule has 0 aliphatic heterocycles. The molecule has 2 aromatic rings. The van der Waals surface area contributed by atoms with Crippen molar-refractivity contribution >= 4 is 35.2 Å². The first-order valence-corrected chi connectivity index (χ1v) is 4.94. The summed E-state index contributed by atoms with van der Waals surface area (Å²) in [6.07, 6.45) is 0. The maximum atomic E-state index is 11.9. The molecule has 18 heavy (non-hydrogen) atoms. The van der Waals surface area contributed by atoms with Crippen LogP contribution in [0.3, 0.4) is 0 Å². The number of hydrogen-bond donors (Lipinski definition) is 3. The molecule has 0 fully saturated rings. The Morgan fingerprint density at radius 3 is 2.67 bits per heavy atom. The number of H-pyrrole nitrogens is 1. The number of nitrogens with one attached hydrogen (secondary N) is 2. The second-order valence-corrected chi connectivity index (χ2v) is 3.44. The molecule has 1 amide bonds. The second-order valence-electron chi connectivity index (χ2n) is 3.44. The van der Waals surface area contributed by atoms with E-state index in [1.807, 2.05) is 24.3 Å². The third kappa shape index (κ3) is 2.44. The van der Waals surface area contributed by atoms with Crippen molar-refractivity contribution in [2.45, 2.75) is 0 Å². The van der Waals surface area contributed by atoms with E-state index in [0.717, 1.165) is 10.9 Å². The van der Waals surface area contributed by atoms with Crippen molar-refractivity contribution in [3.05, 3.63) is 36.0 Å². The van der Waals surface area contributed by atoms with Crippen LogP contribution in [0.2, 0.25) is 0 Å². The number of hydroxylamine groups is 2. The fraction of sp³-hybridized carbons (Fsp3) is 0.0909. The van der Waals surface area contributed by atoms with Crippen LogP contribution in [0.5, 0.6) is 0 Å². The lowest BCUT2D eigenvalue weighted by Crippen LogP contribution is -2.40. The molecular weight excluding hydrogens is 256 g/mol. The highest BCUT2D eigenvalue weighted by molar-refractivity contribution is 6.04. The summed E-state index contributed by atoms with van der Waals surface area (Å²) in [4.78, 5) is 19.6. The van der Waals surface area contributed by atoms with Crippen LogP contribution in [-0.4, -0.2) is 29.0 Å². The van der Waals surface area contributed by atoms with E-state index in [0.29, 0.717) is 10.8 Å². The highest BCUT2D eigenvalue weighted by Crippen LogP contribution is 2.15. The third-order valence-corrected chi connectivity index (χ3v) is 2.35. The predicted molar refractivity (Wildman–Crippen MR) is 70.6 cm³/mol. The molecule has 1 aromatic carbocycles. The van der Waals surface area contributed by atoms with E-state index in [9.17, 15) is 4.79 Å². The van der Waals surface area contributed by atoms with E-state index >= 15 is 0 Å². The van der Waals surface area contributed by atoms with Gasteiger partial charge in [0.25, 0.3) is 0 Å². The van der Waals surface area contributed by atoms with Gasteiger partial charge in [-0.05, 0) is 12.1 Å². The minimum absolute atomic E-state index is 0. The Morgan fingerprint density at radius 2 is 2.11 bits per heavy atom. The lowest BCUT2D eigenvalue weighted by Gasteiger charge is -2.15. The maximum absolute atomic E-state index is 11.9. The van der Waals surface area contributed by atoms with E-state index in [4.69, 9.17) is 16.0 Å². The molecule has 96 valence electrons. The fourth-order valence-electron chi connectivity index (χ4n) is 1.59. The minimum Gasteiger partial charge on any atom is -0.368 e. The Balaban J connectivity index is 0.00000162. The zero-order valence-electron chi connectivity index (χ0n) is 9.64.